The van der Waals surface area contributed by atoms with Gasteiger partial charge in [0.15, 0.2) is 6.73 Å². The Labute approximate surface area is 169 Å². The van der Waals surface area contributed by atoms with Gasteiger partial charge in [-0.1, -0.05) is 29.8 Å². The highest BCUT2D eigenvalue weighted by molar-refractivity contribution is 6.32. The molecule has 3 rings (SSSR count). The molecule has 3 aromatic rings. The van der Waals surface area contributed by atoms with Crippen LogP contribution in [0.1, 0.15) is 11.1 Å². The van der Waals surface area contributed by atoms with E-state index < -0.39 is 0 Å². The zero-order chi connectivity index (χ0) is 19.9. The molecule has 0 atom stereocenters. The zero-order valence-electron chi connectivity index (χ0n) is 15.8. The molecule has 0 aliphatic rings. The van der Waals surface area contributed by atoms with Crippen LogP contribution >= 0.6 is 11.6 Å². The molecule has 0 fully saturated rings. The van der Waals surface area contributed by atoms with Crippen molar-refractivity contribution in [3.05, 3.63) is 82.9 Å². The molecule has 3 N–H and O–H groups in total. The van der Waals surface area contributed by atoms with Crippen LogP contribution in [0.4, 0.5) is 21.9 Å². The van der Waals surface area contributed by atoms with Crippen molar-refractivity contribution in [2.24, 2.45) is 0 Å². The summed E-state index contributed by atoms with van der Waals surface area (Å²) in [7, 11) is 0. The van der Waals surface area contributed by atoms with Crippen molar-refractivity contribution >= 4 is 34.7 Å². The number of halogens is 1. The van der Waals surface area contributed by atoms with Gasteiger partial charge in [0.1, 0.15) is 5.75 Å². The van der Waals surface area contributed by atoms with Crippen molar-refractivity contribution < 1.29 is 9.53 Å². The Morgan fingerprint density at radius 2 is 1.46 bits per heavy atom. The molecule has 0 aromatic heterocycles. The number of hydrogen-bond acceptors (Lipinski definition) is 3. The van der Waals surface area contributed by atoms with Crippen molar-refractivity contribution in [3.8, 4) is 5.75 Å². The van der Waals surface area contributed by atoms with Gasteiger partial charge < -0.3 is 20.7 Å². The maximum absolute atomic E-state index is 12.0. The van der Waals surface area contributed by atoms with Gasteiger partial charge in [0.2, 0.25) is 0 Å². The number of benzene rings is 3. The first-order valence-electron chi connectivity index (χ1n) is 8.88. The minimum absolute atomic E-state index is 0.0555. The average molecular weight is 396 g/mol. The van der Waals surface area contributed by atoms with Crippen LogP contribution in [0.25, 0.3) is 0 Å². The second kappa shape index (κ2) is 9.15. The lowest BCUT2D eigenvalue weighted by molar-refractivity contribution is 0.234. The normalized spacial score (nSPS) is 10.2. The predicted molar refractivity (Wildman–Crippen MR) is 115 cm³/mol. The summed E-state index contributed by atoms with van der Waals surface area (Å²) in [6.07, 6.45) is 0. The molecule has 0 saturated carbocycles. The van der Waals surface area contributed by atoms with Gasteiger partial charge in [-0.3, -0.25) is 0 Å². The summed E-state index contributed by atoms with van der Waals surface area (Å²) in [5.41, 5.74) is 4.50. The first-order valence-corrected chi connectivity index (χ1v) is 9.25. The minimum atomic E-state index is -0.342. The highest BCUT2D eigenvalue weighted by Crippen LogP contribution is 2.25. The molecule has 0 heterocycles. The third-order valence-electron chi connectivity index (χ3n) is 4.09. The zero-order valence-corrected chi connectivity index (χ0v) is 16.5. The van der Waals surface area contributed by atoms with E-state index in [1.54, 1.807) is 0 Å². The summed E-state index contributed by atoms with van der Waals surface area (Å²) in [5, 5.41) is 9.46. The third kappa shape index (κ3) is 5.41. The van der Waals surface area contributed by atoms with E-state index in [2.05, 4.69) is 16.0 Å². The van der Waals surface area contributed by atoms with Gasteiger partial charge >= 0.3 is 6.03 Å². The van der Waals surface area contributed by atoms with Gasteiger partial charge in [-0.05, 0) is 73.5 Å². The quantitative estimate of drug-likeness (QED) is 0.458. The maximum Gasteiger partial charge on any atom is 0.321 e. The molecule has 28 heavy (non-hydrogen) atoms. The maximum atomic E-state index is 12.0. The number of ether oxygens (including phenoxy) is 1. The molecule has 0 aliphatic carbocycles. The van der Waals surface area contributed by atoms with E-state index >= 15 is 0 Å². The SMILES string of the molecule is Cc1cc(OCNC(=O)Nc2ccc(Nc3ccccc3)cc2)cc(C)c1Cl. The molecule has 144 valence electrons. The van der Waals surface area contributed by atoms with Crippen LogP contribution in [0.2, 0.25) is 5.02 Å². The summed E-state index contributed by atoms with van der Waals surface area (Å²) in [6, 6.07) is 20.7. The predicted octanol–water partition coefficient (Wildman–Crippen LogP) is 5.86. The fourth-order valence-electron chi connectivity index (χ4n) is 2.67. The van der Waals surface area contributed by atoms with Gasteiger partial charge in [0, 0.05) is 22.1 Å². The first-order chi connectivity index (χ1) is 13.5. The molecular formula is C22H22ClN3O2. The highest BCUT2D eigenvalue weighted by atomic mass is 35.5. The van der Waals surface area contributed by atoms with Gasteiger partial charge in [-0.2, -0.15) is 0 Å². The van der Waals surface area contributed by atoms with Crippen molar-refractivity contribution in [2.45, 2.75) is 13.8 Å². The molecule has 5 nitrogen and oxygen atoms in total. The van der Waals surface area contributed by atoms with E-state index in [-0.39, 0.29) is 12.8 Å². The lowest BCUT2D eigenvalue weighted by atomic mass is 10.1. The summed E-state index contributed by atoms with van der Waals surface area (Å²) in [6.45, 7) is 3.89. The largest absolute Gasteiger partial charge is 0.473 e. The number of nitrogens with one attached hydrogen (secondary N) is 3. The Hall–Kier alpha value is -3.18. The van der Waals surface area contributed by atoms with E-state index in [9.17, 15) is 4.79 Å². The summed E-state index contributed by atoms with van der Waals surface area (Å²) >= 11 is 6.14. The summed E-state index contributed by atoms with van der Waals surface area (Å²) in [4.78, 5) is 12.0. The molecule has 0 unspecified atom stereocenters. The van der Waals surface area contributed by atoms with Crippen LogP contribution < -0.4 is 20.7 Å². The monoisotopic (exact) mass is 395 g/mol. The highest BCUT2D eigenvalue weighted by Gasteiger charge is 2.05. The molecular weight excluding hydrogens is 374 g/mol. The second-order valence-corrected chi connectivity index (χ2v) is 6.74. The fraction of sp³-hybridized carbons (Fsp3) is 0.136. The van der Waals surface area contributed by atoms with Crippen LogP contribution in [-0.2, 0) is 0 Å². The summed E-state index contributed by atoms with van der Waals surface area (Å²) < 4.78 is 5.58. The lowest BCUT2D eigenvalue weighted by Gasteiger charge is -2.12. The molecule has 0 saturated heterocycles. The smallest absolute Gasteiger partial charge is 0.321 e. The second-order valence-electron chi connectivity index (χ2n) is 6.36. The number of amides is 2. The molecule has 6 heteroatoms. The number of aryl methyl sites for hydroxylation is 2. The topological polar surface area (TPSA) is 62.4 Å². The van der Waals surface area contributed by atoms with Crippen molar-refractivity contribution in [3.63, 3.8) is 0 Å². The number of urea groups is 1. The van der Waals surface area contributed by atoms with E-state index in [0.717, 1.165) is 27.5 Å². The Balaban J connectivity index is 1.47. The van der Waals surface area contributed by atoms with E-state index in [0.29, 0.717) is 11.4 Å². The number of anilines is 3. The third-order valence-corrected chi connectivity index (χ3v) is 4.68. The van der Waals surface area contributed by atoms with E-state index in [1.165, 1.54) is 0 Å². The summed E-state index contributed by atoms with van der Waals surface area (Å²) in [5.74, 6) is 0.663. The molecule has 0 spiro atoms. The van der Waals surface area contributed by atoms with Gasteiger partial charge in [-0.25, -0.2) is 4.79 Å². The van der Waals surface area contributed by atoms with Crippen LogP contribution in [-0.4, -0.2) is 12.8 Å². The molecule has 2 amide bonds. The minimum Gasteiger partial charge on any atom is -0.473 e. The fourth-order valence-corrected chi connectivity index (χ4v) is 2.78. The number of para-hydroxylation sites is 1. The Morgan fingerprint density at radius 3 is 2.11 bits per heavy atom. The van der Waals surface area contributed by atoms with Gasteiger partial charge in [0.05, 0.1) is 0 Å². The number of carbonyl (C=O) groups excluding carboxylic acids is 1. The van der Waals surface area contributed by atoms with Gasteiger partial charge in [-0.15, -0.1) is 0 Å². The Morgan fingerprint density at radius 1 is 0.893 bits per heavy atom. The average Bonchev–Trinajstić information content (AvgIpc) is 2.68. The lowest BCUT2D eigenvalue weighted by Crippen LogP contribution is -2.32. The van der Waals surface area contributed by atoms with Crippen LogP contribution in [0.3, 0.4) is 0 Å². The molecule has 3 aromatic carbocycles. The van der Waals surface area contributed by atoms with Crippen LogP contribution in [0.15, 0.2) is 66.7 Å². The number of hydrogen-bond donors (Lipinski definition) is 3. The van der Waals surface area contributed by atoms with Crippen molar-refractivity contribution in [1.82, 2.24) is 5.32 Å². The molecule has 0 bridgehead atoms. The van der Waals surface area contributed by atoms with Crippen LogP contribution in [0.5, 0.6) is 5.75 Å². The molecule has 0 radical (unpaired) electrons. The first kappa shape index (κ1) is 19.6. The van der Waals surface area contributed by atoms with Crippen molar-refractivity contribution in [1.29, 1.82) is 0 Å². The van der Waals surface area contributed by atoms with Crippen LogP contribution in [0, 0.1) is 13.8 Å². The number of carbonyl (C=O) groups is 1. The Kier molecular flexibility index (Phi) is 6.40. The van der Waals surface area contributed by atoms with Gasteiger partial charge in [0.25, 0.3) is 0 Å². The number of rotatable bonds is 6. The van der Waals surface area contributed by atoms with E-state index in [4.69, 9.17) is 16.3 Å². The standard InChI is InChI=1S/C22H22ClN3O2/c1-15-12-20(13-16(2)21(15)23)28-14-24-22(27)26-19-10-8-18(9-11-19)25-17-6-4-3-5-7-17/h3-13,25H,14H2,1-2H3,(H2,24,26,27). The van der Waals surface area contributed by atoms with E-state index in [1.807, 2.05) is 80.6 Å². The van der Waals surface area contributed by atoms with Crippen molar-refractivity contribution in [2.75, 3.05) is 17.4 Å². The molecule has 0 aliphatic heterocycles. The Bertz CT molecular complexity index is 921.